The lowest BCUT2D eigenvalue weighted by Gasteiger charge is -2.28. The summed E-state index contributed by atoms with van der Waals surface area (Å²) < 4.78 is 33.1. The number of benzene rings is 1. The number of hydrogen-bond acceptors (Lipinski definition) is 3. The highest BCUT2D eigenvalue weighted by atomic mass is 19.1. The number of pyridine rings is 1. The second kappa shape index (κ2) is 6.83. The van der Waals surface area contributed by atoms with Gasteiger partial charge in [0.25, 0.3) is 0 Å². The highest BCUT2D eigenvalue weighted by molar-refractivity contribution is 5.70. The molecule has 0 aliphatic carbocycles. The number of carbonyl (C=O) groups is 1. The van der Waals surface area contributed by atoms with E-state index in [1.54, 1.807) is 24.4 Å². The Morgan fingerprint density at radius 3 is 2.57 bits per heavy atom. The lowest BCUT2D eigenvalue weighted by atomic mass is 9.84. The third-order valence-corrected chi connectivity index (χ3v) is 5.58. The molecule has 3 atom stereocenters. The molecule has 2 fully saturated rings. The Balaban J connectivity index is 1.61. The van der Waals surface area contributed by atoms with E-state index < -0.39 is 11.5 Å². The Morgan fingerprint density at radius 1 is 1.18 bits per heavy atom. The summed E-state index contributed by atoms with van der Waals surface area (Å²) in [5.74, 6) is -0.851. The number of ether oxygens (including phenoxy) is 1. The van der Waals surface area contributed by atoms with Crippen LogP contribution in [0.2, 0.25) is 0 Å². The van der Waals surface area contributed by atoms with Crippen molar-refractivity contribution in [1.82, 2.24) is 9.88 Å². The van der Waals surface area contributed by atoms with Gasteiger partial charge in [0.1, 0.15) is 11.4 Å². The van der Waals surface area contributed by atoms with Gasteiger partial charge in [-0.2, -0.15) is 4.39 Å². The molecule has 2 aliphatic rings. The summed E-state index contributed by atoms with van der Waals surface area (Å²) in [7, 11) is 0. The predicted molar refractivity (Wildman–Crippen MR) is 102 cm³/mol. The van der Waals surface area contributed by atoms with Gasteiger partial charge in [0.05, 0.1) is 0 Å². The molecule has 1 aromatic heterocycles. The first-order valence-corrected chi connectivity index (χ1v) is 9.65. The quantitative estimate of drug-likeness (QED) is 0.659. The van der Waals surface area contributed by atoms with Gasteiger partial charge in [0.2, 0.25) is 5.95 Å². The van der Waals surface area contributed by atoms with Crippen molar-refractivity contribution in [2.45, 2.75) is 63.6 Å². The molecule has 148 valence electrons. The van der Waals surface area contributed by atoms with Crippen molar-refractivity contribution in [2.75, 3.05) is 0 Å². The van der Waals surface area contributed by atoms with Gasteiger partial charge in [-0.25, -0.2) is 14.2 Å². The Kier molecular flexibility index (Phi) is 4.60. The van der Waals surface area contributed by atoms with E-state index in [1.807, 2.05) is 25.7 Å². The van der Waals surface area contributed by atoms with Crippen LogP contribution in [0.15, 0.2) is 36.5 Å². The normalized spacial score (nSPS) is 23.9. The van der Waals surface area contributed by atoms with Gasteiger partial charge in [0.15, 0.2) is 0 Å². The van der Waals surface area contributed by atoms with Crippen LogP contribution in [0.1, 0.15) is 51.5 Å². The molecule has 2 bridgehead atoms. The van der Waals surface area contributed by atoms with E-state index in [1.165, 1.54) is 12.1 Å². The van der Waals surface area contributed by atoms with Crippen LogP contribution < -0.4 is 0 Å². The molecule has 1 unspecified atom stereocenters. The van der Waals surface area contributed by atoms with E-state index in [-0.39, 0.29) is 29.9 Å². The maximum absolute atomic E-state index is 14.3. The molecule has 3 heterocycles. The summed E-state index contributed by atoms with van der Waals surface area (Å²) in [5, 5.41) is 0. The van der Waals surface area contributed by atoms with Crippen LogP contribution >= 0.6 is 0 Å². The number of carbonyl (C=O) groups excluding carboxylic acids is 1. The van der Waals surface area contributed by atoms with Crippen LogP contribution in [0.25, 0.3) is 11.1 Å². The summed E-state index contributed by atoms with van der Waals surface area (Å²) in [5.41, 5.74) is 1.30. The van der Waals surface area contributed by atoms with Crippen molar-refractivity contribution in [3.63, 3.8) is 0 Å². The van der Waals surface area contributed by atoms with Gasteiger partial charge in [0, 0.05) is 29.8 Å². The number of nitrogens with zero attached hydrogens (tertiary/aromatic N) is 2. The van der Waals surface area contributed by atoms with E-state index in [4.69, 9.17) is 4.74 Å². The Labute approximate surface area is 163 Å². The summed E-state index contributed by atoms with van der Waals surface area (Å²) in [6.07, 6.45) is 3.95. The van der Waals surface area contributed by atoms with Gasteiger partial charge < -0.3 is 9.64 Å². The zero-order valence-electron chi connectivity index (χ0n) is 16.3. The topological polar surface area (TPSA) is 42.4 Å². The molecule has 4 rings (SSSR count). The van der Waals surface area contributed by atoms with Crippen LogP contribution in [0.5, 0.6) is 0 Å². The third-order valence-electron chi connectivity index (χ3n) is 5.58. The molecule has 0 N–H and O–H groups in total. The van der Waals surface area contributed by atoms with Crippen LogP contribution in [-0.4, -0.2) is 33.7 Å². The molecule has 28 heavy (non-hydrogen) atoms. The lowest BCUT2D eigenvalue weighted by molar-refractivity contribution is 0.0213. The van der Waals surface area contributed by atoms with Gasteiger partial charge in [-0.05, 0) is 69.4 Å². The maximum atomic E-state index is 14.3. The fourth-order valence-corrected chi connectivity index (χ4v) is 4.45. The van der Waals surface area contributed by atoms with E-state index in [9.17, 15) is 13.6 Å². The first-order chi connectivity index (χ1) is 13.2. The maximum Gasteiger partial charge on any atom is 0.410 e. The lowest BCUT2D eigenvalue weighted by Crippen LogP contribution is -2.40. The monoisotopic (exact) mass is 386 g/mol. The minimum atomic E-state index is -0.581. The van der Waals surface area contributed by atoms with Crippen molar-refractivity contribution >= 4 is 6.09 Å². The highest BCUT2D eigenvalue weighted by Gasteiger charge is 2.50. The second-order valence-electron chi connectivity index (χ2n) is 8.64. The minimum Gasteiger partial charge on any atom is -0.444 e. The van der Waals surface area contributed by atoms with Gasteiger partial charge in [-0.3, -0.25) is 0 Å². The highest BCUT2D eigenvalue weighted by Crippen LogP contribution is 2.47. The molecule has 1 aromatic carbocycles. The summed E-state index contributed by atoms with van der Waals surface area (Å²) in [6.45, 7) is 5.58. The van der Waals surface area contributed by atoms with Crippen LogP contribution in [0.3, 0.4) is 0 Å². The Hall–Kier alpha value is -2.50. The first-order valence-electron chi connectivity index (χ1n) is 9.65. The minimum absolute atomic E-state index is 0.0354. The van der Waals surface area contributed by atoms with E-state index >= 15 is 0 Å². The van der Waals surface area contributed by atoms with Crippen molar-refractivity contribution in [1.29, 1.82) is 0 Å². The molecule has 2 aromatic rings. The number of halogens is 2. The number of amides is 1. The van der Waals surface area contributed by atoms with Crippen molar-refractivity contribution < 1.29 is 18.3 Å². The zero-order valence-corrected chi connectivity index (χ0v) is 16.3. The van der Waals surface area contributed by atoms with Crippen molar-refractivity contribution in [3.05, 3.63) is 53.9 Å². The second-order valence-corrected chi connectivity index (χ2v) is 8.64. The van der Waals surface area contributed by atoms with Gasteiger partial charge in [-0.15, -0.1) is 0 Å². The zero-order chi connectivity index (χ0) is 20.1. The summed E-state index contributed by atoms with van der Waals surface area (Å²) >= 11 is 0. The van der Waals surface area contributed by atoms with Crippen LogP contribution in [0.4, 0.5) is 13.6 Å². The SMILES string of the molecule is CC(C)(C)OC(=O)N1[C@H]2CC[C@@H]1C(c1cnc(F)c(-c3ccc(F)cc3)c1)C2. The number of fused-ring (bicyclic) bond motifs is 2. The molecule has 0 radical (unpaired) electrons. The molecule has 2 aliphatic heterocycles. The Bertz CT molecular complexity index is 892. The number of hydrogen-bond donors (Lipinski definition) is 0. The number of aromatic nitrogens is 1. The first kappa shape index (κ1) is 18.8. The average molecular weight is 386 g/mol. The fourth-order valence-electron chi connectivity index (χ4n) is 4.45. The molecule has 0 saturated carbocycles. The average Bonchev–Trinajstić information content (AvgIpc) is 3.20. The van der Waals surface area contributed by atoms with Crippen LogP contribution in [0, 0.1) is 11.8 Å². The van der Waals surface area contributed by atoms with Crippen molar-refractivity contribution in [2.24, 2.45) is 0 Å². The summed E-state index contributed by atoms with van der Waals surface area (Å²) in [4.78, 5) is 18.5. The smallest absolute Gasteiger partial charge is 0.410 e. The molecule has 6 heteroatoms. The van der Waals surface area contributed by atoms with Gasteiger partial charge >= 0.3 is 6.09 Å². The standard InChI is InChI=1S/C22H24F2N2O2/c1-22(2,3)28-21(27)26-16-8-9-19(26)17(11-16)14-10-18(20(24)25-12-14)13-4-6-15(23)7-5-13/h4-7,10,12,16-17,19H,8-9,11H2,1-3H3/t16-,17?,19+/m0/s1. The van der Waals surface area contributed by atoms with E-state index in [0.717, 1.165) is 24.8 Å². The summed E-state index contributed by atoms with van der Waals surface area (Å²) in [6, 6.07) is 7.68. The molecule has 2 saturated heterocycles. The largest absolute Gasteiger partial charge is 0.444 e. The molecule has 1 amide bonds. The Morgan fingerprint density at radius 2 is 1.89 bits per heavy atom. The van der Waals surface area contributed by atoms with E-state index in [0.29, 0.717) is 11.1 Å². The van der Waals surface area contributed by atoms with Crippen LogP contribution in [-0.2, 0) is 4.74 Å². The molecular weight excluding hydrogens is 362 g/mol. The molecule has 0 spiro atoms. The van der Waals surface area contributed by atoms with Gasteiger partial charge in [-0.1, -0.05) is 12.1 Å². The number of rotatable bonds is 2. The van der Waals surface area contributed by atoms with Crippen molar-refractivity contribution in [3.8, 4) is 11.1 Å². The predicted octanol–water partition coefficient (Wildman–Crippen LogP) is 5.28. The van der Waals surface area contributed by atoms with E-state index in [2.05, 4.69) is 4.98 Å². The fraction of sp³-hybridized carbons (Fsp3) is 0.455. The molecule has 4 nitrogen and oxygen atoms in total. The third kappa shape index (κ3) is 3.48. The molecular formula is C22H24F2N2O2.